The molecule has 1 fully saturated rings. The highest BCUT2D eigenvalue weighted by Crippen LogP contribution is 2.26. The molecule has 2 N–H and O–H groups in total. The van der Waals surface area contributed by atoms with E-state index in [1.54, 1.807) is 30.2 Å². The van der Waals surface area contributed by atoms with Crippen molar-refractivity contribution in [3.05, 3.63) is 52.2 Å². The van der Waals surface area contributed by atoms with E-state index in [1.807, 2.05) is 37.4 Å². The van der Waals surface area contributed by atoms with Gasteiger partial charge in [-0.1, -0.05) is 25.1 Å². The number of ether oxygens (including phenoxy) is 1. The summed E-state index contributed by atoms with van der Waals surface area (Å²) in [5.74, 6) is 0.0121. The van der Waals surface area contributed by atoms with Crippen LogP contribution in [0, 0.1) is 5.92 Å². The second kappa shape index (κ2) is 11.1. The van der Waals surface area contributed by atoms with Gasteiger partial charge in [-0.05, 0) is 55.7 Å². The number of thiophene rings is 1. The van der Waals surface area contributed by atoms with Crippen molar-refractivity contribution in [2.75, 3.05) is 20.2 Å². The number of nitrogens with one attached hydrogen (secondary N) is 2. The lowest BCUT2D eigenvalue weighted by atomic mass is 9.88. The smallest absolute Gasteiger partial charge is 0.262 e. The van der Waals surface area contributed by atoms with Gasteiger partial charge in [-0.3, -0.25) is 14.4 Å². The largest absolute Gasteiger partial charge is 0.496 e. The molecular weight excluding hydrogens is 426 g/mol. The van der Waals surface area contributed by atoms with Gasteiger partial charge in [0.2, 0.25) is 5.91 Å². The molecule has 0 spiro atoms. The second-order valence-electron chi connectivity index (χ2n) is 8.08. The lowest BCUT2D eigenvalue weighted by Crippen LogP contribution is -2.55. The summed E-state index contributed by atoms with van der Waals surface area (Å²) in [5, 5.41) is 7.79. The zero-order valence-electron chi connectivity index (χ0n) is 18.8. The van der Waals surface area contributed by atoms with E-state index in [4.69, 9.17) is 4.74 Å². The Kier molecular flexibility index (Phi) is 8.27. The molecule has 7 nitrogen and oxygen atoms in total. The molecule has 0 unspecified atom stereocenters. The lowest BCUT2D eigenvalue weighted by Gasteiger charge is -2.36. The van der Waals surface area contributed by atoms with Crippen molar-refractivity contribution in [1.82, 2.24) is 15.5 Å². The molecule has 2 heterocycles. The van der Waals surface area contributed by atoms with Gasteiger partial charge in [-0.25, -0.2) is 0 Å². The van der Waals surface area contributed by atoms with Crippen LogP contribution in [0.15, 0.2) is 41.8 Å². The molecule has 0 radical (unpaired) electrons. The summed E-state index contributed by atoms with van der Waals surface area (Å²) < 4.78 is 5.33. The molecule has 0 aliphatic carbocycles. The summed E-state index contributed by atoms with van der Waals surface area (Å²) in [6.45, 7) is 4.99. The average molecular weight is 458 g/mol. The fourth-order valence-electron chi connectivity index (χ4n) is 3.88. The maximum absolute atomic E-state index is 13.0. The van der Waals surface area contributed by atoms with Gasteiger partial charge in [-0.2, -0.15) is 0 Å². The molecule has 8 heteroatoms. The van der Waals surface area contributed by atoms with E-state index in [0.29, 0.717) is 42.1 Å². The number of amides is 3. The van der Waals surface area contributed by atoms with Crippen LogP contribution in [-0.4, -0.2) is 54.9 Å². The molecule has 2 aromatic rings. The Morgan fingerprint density at radius 3 is 2.47 bits per heavy atom. The summed E-state index contributed by atoms with van der Waals surface area (Å²) in [4.78, 5) is 41.1. The Morgan fingerprint density at radius 2 is 1.84 bits per heavy atom. The van der Waals surface area contributed by atoms with Gasteiger partial charge in [0.15, 0.2) is 0 Å². The number of hydrogen-bond acceptors (Lipinski definition) is 5. The lowest BCUT2D eigenvalue weighted by molar-refractivity contribution is -0.125. The normalized spacial score (nSPS) is 16.2. The van der Waals surface area contributed by atoms with Crippen LogP contribution in [0.2, 0.25) is 0 Å². The van der Waals surface area contributed by atoms with E-state index in [9.17, 15) is 14.4 Å². The van der Waals surface area contributed by atoms with Crippen LogP contribution < -0.4 is 15.4 Å². The number of methoxy groups -OCH3 is 1. The second-order valence-corrected chi connectivity index (χ2v) is 9.02. The minimum atomic E-state index is -0.637. The van der Waals surface area contributed by atoms with E-state index in [-0.39, 0.29) is 29.7 Å². The molecule has 1 saturated heterocycles. The Bertz CT molecular complexity index is 923. The third kappa shape index (κ3) is 5.68. The fourth-order valence-corrected chi connectivity index (χ4v) is 4.51. The first-order chi connectivity index (χ1) is 15.4. The van der Waals surface area contributed by atoms with E-state index in [0.717, 1.165) is 6.42 Å². The van der Waals surface area contributed by atoms with Crippen molar-refractivity contribution >= 4 is 29.1 Å². The van der Waals surface area contributed by atoms with Gasteiger partial charge < -0.3 is 20.3 Å². The minimum absolute atomic E-state index is 0.0239. The third-order valence-electron chi connectivity index (χ3n) is 5.95. The highest BCUT2D eigenvalue weighted by atomic mass is 32.1. The Labute approximate surface area is 193 Å². The SMILES string of the molecule is CC[C@@H](C)NC(=O)[C@@H](NC(=O)c1cccs1)C1CCN(C(=O)c2ccccc2OC)CC1. The predicted molar refractivity (Wildman–Crippen MR) is 125 cm³/mol. The van der Waals surface area contributed by atoms with Crippen LogP contribution >= 0.6 is 11.3 Å². The van der Waals surface area contributed by atoms with Gasteiger partial charge in [0.05, 0.1) is 17.6 Å². The molecule has 1 aliphatic heterocycles. The van der Waals surface area contributed by atoms with Gasteiger partial charge in [0, 0.05) is 19.1 Å². The van der Waals surface area contributed by atoms with Crippen LogP contribution in [0.3, 0.4) is 0 Å². The van der Waals surface area contributed by atoms with Crippen LogP contribution in [-0.2, 0) is 4.79 Å². The molecule has 0 saturated carbocycles. The van der Waals surface area contributed by atoms with Crippen LogP contribution in [0.25, 0.3) is 0 Å². The molecule has 0 bridgehead atoms. The molecule has 3 amide bonds. The molecule has 1 aromatic heterocycles. The number of rotatable bonds is 8. The van der Waals surface area contributed by atoms with E-state index in [1.165, 1.54) is 11.3 Å². The van der Waals surface area contributed by atoms with Crippen molar-refractivity contribution in [3.63, 3.8) is 0 Å². The molecule has 172 valence electrons. The first-order valence-corrected chi connectivity index (χ1v) is 11.9. The highest BCUT2D eigenvalue weighted by molar-refractivity contribution is 7.12. The number of nitrogens with zero attached hydrogens (tertiary/aromatic N) is 1. The first-order valence-electron chi connectivity index (χ1n) is 11.0. The van der Waals surface area contributed by atoms with Crippen molar-refractivity contribution < 1.29 is 19.1 Å². The number of benzene rings is 1. The topological polar surface area (TPSA) is 87.7 Å². The van der Waals surface area contributed by atoms with Crippen LogP contribution in [0.1, 0.15) is 53.1 Å². The fraction of sp³-hybridized carbons (Fsp3) is 0.458. The molecule has 1 aromatic carbocycles. The predicted octanol–water partition coefficient (Wildman–Crippen LogP) is 3.32. The number of para-hydroxylation sites is 1. The average Bonchev–Trinajstić information content (AvgIpc) is 3.37. The quantitative estimate of drug-likeness (QED) is 0.637. The Balaban J connectivity index is 1.69. The van der Waals surface area contributed by atoms with Crippen molar-refractivity contribution in [3.8, 4) is 5.75 Å². The number of carbonyl (C=O) groups is 3. The number of hydrogen-bond donors (Lipinski definition) is 2. The highest BCUT2D eigenvalue weighted by Gasteiger charge is 2.35. The molecule has 1 aliphatic rings. The van der Waals surface area contributed by atoms with E-state index < -0.39 is 6.04 Å². The maximum Gasteiger partial charge on any atom is 0.262 e. The third-order valence-corrected chi connectivity index (χ3v) is 6.82. The Hall–Kier alpha value is -2.87. The minimum Gasteiger partial charge on any atom is -0.496 e. The van der Waals surface area contributed by atoms with Crippen LogP contribution in [0.4, 0.5) is 0 Å². The zero-order chi connectivity index (χ0) is 23.1. The summed E-state index contributed by atoms with van der Waals surface area (Å²) in [6.07, 6.45) is 2.07. The number of carbonyl (C=O) groups excluding carboxylic acids is 3. The molecule has 2 atom stereocenters. The summed E-state index contributed by atoms with van der Waals surface area (Å²) in [6, 6.07) is 10.1. The molecule has 32 heavy (non-hydrogen) atoms. The van der Waals surface area contributed by atoms with E-state index in [2.05, 4.69) is 10.6 Å². The maximum atomic E-state index is 13.0. The van der Waals surface area contributed by atoms with Crippen molar-refractivity contribution in [2.24, 2.45) is 5.92 Å². The van der Waals surface area contributed by atoms with Gasteiger partial charge >= 0.3 is 0 Å². The van der Waals surface area contributed by atoms with Gasteiger partial charge in [-0.15, -0.1) is 11.3 Å². The summed E-state index contributed by atoms with van der Waals surface area (Å²) in [7, 11) is 1.55. The summed E-state index contributed by atoms with van der Waals surface area (Å²) in [5.41, 5.74) is 0.533. The standard InChI is InChI=1S/C24H31N3O4S/c1-4-16(2)25-23(29)21(26-22(28)20-10-7-15-32-20)17-11-13-27(14-12-17)24(30)18-8-5-6-9-19(18)31-3/h5-10,15-17,21H,4,11-14H2,1-3H3,(H,25,29)(H,26,28)/t16-,21+/m1/s1. The molecule has 3 rings (SSSR count). The zero-order valence-corrected chi connectivity index (χ0v) is 19.6. The number of piperidine rings is 1. The Morgan fingerprint density at radius 1 is 1.12 bits per heavy atom. The number of likely N-dealkylation sites (tertiary alicyclic amines) is 1. The van der Waals surface area contributed by atoms with Crippen molar-refractivity contribution in [1.29, 1.82) is 0 Å². The van der Waals surface area contributed by atoms with Crippen molar-refractivity contribution in [2.45, 2.75) is 45.2 Å². The van der Waals surface area contributed by atoms with Gasteiger partial charge in [0.1, 0.15) is 11.8 Å². The van der Waals surface area contributed by atoms with E-state index >= 15 is 0 Å². The monoisotopic (exact) mass is 457 g/mol. The van der Waals surface area contributed by atoms with Gasteiger partial charge in [0.25, 0.3) is 11.8 Å². The summed E-state index contributed by atoms with van der Waals surface area (Å²) >= 11 is 1.35. The first kappa shape index (κ1) is 23.8. The van der Waals surface area contributed by atoms with Crippen LogP contribution in [0.5, 0.6) is 5.75 Å². The molecular formula is C24H31N3O4S.